The van der Waals surface area contributed by atoms with Crippen LogP contribution in [0.4, 0.5) is 10.1 Å². The summed E-state index contributed by atoms with van der Waals surface area (Å²) >= 11 is 0. The molecule has 0 radical (unpaired) electrons. The van der Waals surface area contributed by atoms with Crippen molar-refractivity contribution in [2.24, 2.45) is 0 Å². The zero-order valence-corrected chi connectivity index (χ0v) is 19.6. The van der Waals surface area contributed by atoms with E-state index in [9.17, 15) is 17.6 Å². The fraction of sp³-hybridized carbons (Fsp3) is 0.240. The Balaban J connectivity index is 1.55. The normalized spacial score (nSPS) is 15.3. The van der Waals surface area contributed by atoms with Gasteiger partial charge in [-0.2, -0.15) is 0 Å². The second-order valence-corrected chi connectivity index (χ2v) is 9.82. The van der Waals surface area contributed by atoms with Crippen molar-refractivity contribution in [1.82, 2.24) is 5.32 Å². The van der Waals surface area contributed by atoms with E-state index in [4.69, 9.17) is 9.47 Å². The molecule has 0 aromatic heterocycles. The summed E-state index contributed by atoms with van der Waals surface area (Å²) in [5, 5.41) is 2.79. The number of nitrogens with zero attached hydrogens (tertiary/aromatic N) is 1. The van der Waals surface area contributed by atoms with Gasteiger partial charge in [0.2, 0.25) is 0 Å². The molecule has 1 aliphatic rings. The van der Waals surface area contributed by atoms with Gasteiger partial charge in [0.05, 0.1) is 24.2 Å². The average molecular weight is 485 g/mol. The van der Waals surface area contributed by atoms with E-state index < -0.39 is 22.0 Å². The van der Waals surface area contributed by atoms with Gasteiger partial charge in [-0.1, -0.05) is 18.2 Å². The molecule has 0 bridgehead atoms. The molecule has 4 rings (SSSR count). The first-order valence-electron chi connectivity index (χ1n) is 10.7. The van der Waals surface area contributed by atoms with Crippen molar-refractivity contribution in [2.75, 3.05) is 24.5 Å². The number of hydrogen-bond donors (Lipinski definition) is 1. The van der Waals surface area contributed by atoms with Gasteiger partial charge in [0.1, 0.15) is 17.3 Å². The molecule has 1 atom stereocenters. The fourth-order valence-corrected chi connectivity index (χ4v) is 5.17. The number of rotatable bonds is 7. The van der Waals surface area contributed by atoms with E-state index in [1.54, 1.807) is 42.5 Å². The molecular formula is C25H25FN2O5S. The second-order valence-electron chi connectivity index (χ2n) is 7.96. The van der Waals surface area contributed by atoms with E-state index in [1.807, 2.05) is 6.92 Å². The maximum Gasteiger partial charge on any atom is 0.264 e. The van der Waals surface area contributed by atoms with Gasteiger partial charge < -0.3 is 14.8 Å². The summed E-state index contributed by atoms with van der Waals surface area (Å²) in [4.78, 5) is 13.0. The third kappa shape index (κ3) is 4.99. The first-order chi connectivity index (χ1) is 16.3. The minimum Gasteiger partial charge on any atom is -0.497 e. The van der Waals surface area contributed by atoms with Gasteiger partial charge in [-0.3, -0.25) is 9.10 Å². The van der Waals surface area contributed by atoms with E-state index in [2.05, 4.69) is 5.32 Å². The van der Waals surface area contributed by atoms with Gasteiger partial charge in [-0.15, -0.1) is 0 Å². The second kappa shape index (κ2) is 9.72. The highest BCUT2D eigenvalue weighted by atomic mass is 32.2. The molecule has 0 saturated heterocycles. The van der Waals surface area contributed by atoms with Crippen LogP contribution in [0.1, 0.15) is 11.1 Å². The van der Waals surface area contributed by atoms with Gasteiger partial charge >= 0.3 is 0 Å². The predicted molar refractivity (Wildman–Crippen MR) is 126 cm³/mol. The third-order valence-electron chi connectivity index (χ3n) is 5.55. The van der Waals surface area contributed by atoms with Gasteiger partial charge in [-0.05, 0) is 73.0 Å². The largest absolute Gasteiger partial charge is 0.497 e. The van der Waals surface area contributed by atoms with Crippen molar-refractivity contribution in [3.63, 3.8) is 0 Å². The van der Waals surface area contributed by atoms with E-state index in [0.717, 1.165) is 11.1 Å². The Bertz CT molecular complexity index is 1280. The minimum atomic E-state index is -3.97. The van der Waals surface area contributed by atoms with Crippen molar-refractivity contribution >= 4 is 21.6 Å². The molecule has 0 saturated carbocycles. The van der Waals surface area contributed by atoms with Crippen LogP contribution in [0.5, 0.6) is 11.5 Å². The van der Waals surface area contributed by atoms with Gasteiger partial charge in [0.25, 0.3) is 15.9 Å². The van der Waals surface area contributed by atoms with E-state index >= 15 is 0 Å². The van der Waals surface area contributed by atoms with Crippen LogP contribution in [-0.4, -0.2) is 40.6 Å². The number of carbonyl (C=O) groups excluding carboxylic acids is 1. The Morgan fingerprint density at radius 2 is 1.82 bits per heavy atom. The number of ether oxygens (including phenoxy) is 2. The molecule has 0 spiro atoms. The van der Waals surface area contributed by atoms with Crippen LogP contribution in [0.2, 0.25) is 0 Å². The van der Waals surface area contributed by atoms with Crippen molar-refractivity contribution in [2.45, 2.75) is 24.3 Å². The molecular weight excluding hydrogens is 459 g/mol. The number of amides is 1. The Hall–Kier alpha value is -3.59. The van der Waals surface area contributed by atoms with Gasteiger partial charge in [0.15, 0.2) is 6.10 Å². The van der Waals surface area contributed by atoms with Crippen LogP contribution >= 0.6 is 0 Å². The highest BCUT2D eigenvalue weighted by molar-refractivity contribution is 7.92. The standard InChI is InChI=1S/C25H25FN2O5S/c1-17-3-12-22-23(15-17)33-24(25(29)27-14-13-18-4-6-19(26)7-5-18)16-28(22)34(30,31)21-10-8-20(32-2)9-11-21/h3-12,15,24H,13-14,16H2,1-2H3,(H,27,29)/t24-/m0/s1. The molecule has 3 aromatic carbocycles. The number of halogens is 1. The zero-order chi connectivity index (χ0) is 24.3. The molecule has 1 N–H and O–H groups in total. The lowest BCUT2D eigenvalue weighted by Gasteiger charge is -2.35. The molecule has 1 heterocycles. The monoisotopic (exact) mass is 484 g/mol. The van der Waals surface area contributed by atoms with Crippen molar-refractivity contribution < 1.29 is 27.1 Å². The number of fused-ring (bicyclic) bond motifs is 1. The summed E-state index contributed by atoms with van der Waals surface area (Å²) < 4.78 is 52.3. The van der Waals surface area contributed by atoms with Crippen molar-refractivity contribution in [3.05, 3.63) is 83.7 Å². The molecule has 34 heavy (non-hydrogen) atoms. The van der Waals surface area contributed by atoms with E-state index in [-0.39, 0.29) is 17.3 Å². The molecule has 0 aliphatic carbocycles. The van der Waals surface area contributed by atoms with Gasteiger partial charge in [0, 0.05) is 6.54 Å². The molecule has 1 amide bonds. The first kappa shape index (κ1) is 23.6. The fourth-order valence-electron chi connectivity index (χ4n) is 3.70. The van der Waals surface area contributed by atoms with Gasteiger partial charge in [-0.25, -0.2) is 12.8 Å². The summed E-state index contributed by atoms with van der Waals surface area (Å²) in [6, 6.07) is 17.3. The lowest BCUT2D eigenvalue weighted by molar-refractivity contribution is -0.127. The predicted octanol–water partition coefficient (Wildman–Crippen LogP) is 3.46. The number of benzene rings is 3. The first-order valence-corrected chi connectivity index (χ1v) is 12.2. The van der Waals surface area contributed by atoms with E-state index in [1.165, 1.54) is 35.7 Å². The van der Waals surface area contributed by atoms with Crippen LogP contribution in [0, 0.1) is 12.7 Å². The third-order valence-corrected chi connectivity index (χ3v) is 7.34. The number of nitrogens with one attached hydrogen (secondary N) is 1. The maximum absolute atomic E-state index is 13.5. The maximum atomic E-state index is 13.5. The molecule has 0 fully saturated rings. The highest BCUT2D eigenvalue weighted by Gasteiger charge is 2.37. The minimum absolute atomic E-state index is 0.0807. The van der Waals surface area contributed by atoms with E-state index in [0.29, 0.717) is 30.2 Å². The summed E-state index contributed by atoms with van der Waals surface area (Å²) in [7, 11) is -2.46. The van der Waals surface area contributed by atoms with Crippen molar-refractivity contribution in [1.29, 1.82) is 0 Å². The molecule has 1 aliphatic heterocycles. The van der Waals surface area contributed by atoms with Crippen LogP contribution < -0.4 is 19.1 Å². The SMILES string of the molecule is COc1ccc(S(=O)(=O)N2C[C@@H](C(=O)NCCc3ccc(F)cc3)Oc3cc(C)ccc32)cc1. The summed E-state index contributed by atoms with van der Waals surface area (Å²) in [6.45, 7) is 1.99. The number of sulfonamides is 1. The summed E-state index contributed by atoms with van der Waals surface area (Å²) in [5.74, 6) is 0.108. The number of hydrogen-bond acceptors (Lipinski definition) is 5. The Kier molecular flexibility index (Phi) is 6.74. The van der Waals surface area contributed by atoms with Crippen molar-refractivity contribution in [3.8, 4) is 11.5 Å². The van der Waals surface area contributed by atoms with Crippen LogP contribution in [0.25, 0.3) is 0 Å². The highest BCUT2D eigenvalue weighted by Crippen LogP contribution is 2.38. The van der Waals surface area contributed by atoms with Crippen LogP contribution in [0.15, 0.2) is 71.6 Å². The lowest BCUT2D eigenvalue weighted by atomic mass is 10.1. The number of carbonyl (C=O) groups is 1. The number of aryl methyl sites for hydroxylation is 1. The topological polar surface area (TPSA) is 84.9 Å². The molecule has 7 nitrogen and oxygen atoms in total. The summed E-state index contributed by atoms with van der Waals surface area (Å²) in [5.41, 5.74) is 2.12. The molecule has 3 aromatic rings. The molecule has 0 unspecified atom stereocenters. The summed E-state index contributed by atoms with van der Waals surface area (Å²) in [6.07, 6.45) is -0.530. The average Bonchev–Trinajstić information content (AvgIpc) is 2.84. The van der Waals surface area contributed by atoms with Crippen LogP contribution in [0.3, 0.4) is 0 Å². The molecule has 9 heteroatoms. The smallest absolute Gasteiger partial charge is 0.264 e. The number of anilines is 1. The van der Waals surface area contributed by atoms with Crippen LogP contribution in [-0.2, 0) is 21.2 Å². The zero-order valence-electron chi connectivity index (χ0n) is 18.8. The Labute approximate surface area is 198 Å². The molecule has 178 valence electrons. The Morgan fingerprint density at radius 1 is 1.12 bits per heavy atom. The lowest BCUT2D eigenvalue weighted by Crippen LogP contribution is -2.51. The Morgan fingerprint density at radius 3 is 2.50 bits per heavy atom. The quantitative estimate of drug-likeness (QED) is 0.555. The number of methoxy groups -OCH3 is 1.